The maximum Gasteiger partial charge on any atom is 0.162 e. The molecule has 5 heteroatoms. The molecule has 0 bridgehead atoms. The van der Waals surface area contributed by atoms with Crippen LogP contribution in [0.5, 0.6) is 0 Å². The summed E-state index contributed by atoms with van der Waals surface area (Å²) in [7, 11) is 0. The van der Waals surface area contributed by atoms with Crippen molar-refractivity contribution in [3.63, 3.8) is 0 Å². The van der Waals surface area contributed by atoms with Crippen molar-refractivity contribution in [1.29, 1.82) is 0 Å². The van der Waals surface area contributed by atoms with Gasteiger partial charge in [-0.25, -0.2) is 14.6 Å². The highest BCUT2D eigenvalue weighted by atomic mass is 15.3. The molecule has 2 heterocycles. The highest BCUT2D eigenvalue weighted by Gasteiger charge is 2.12. The number of anilines is 1. The normalized spacial score (nSPS) is 10.7. The Morgan fingerprint density at radius 3 is 2.58 bits per heavy atom. The number of aryl methyl sites for hydroxylation is 2. The second-order valence-electron chi connectivity index (χ2n) is 4.62. The molecule has 2 aromatic heterocycles. The predicted molar refractivity (Wildman–Crippen MR) is 76.8 cm³/mol. The molecule has 0 unspecified atom stereocenters. The van der Waals surface area contributed by atoms with E-state index >= 15 is 0 Å². The molecule has 19 heavy (non-hydrogen) atoms. The minimum absolute atomic E-state index is 0.848. The lowest BCUT2D eigenvalue weighted by molar-refractivity contribution is 0.772. The smallest absolute Gasteiger partial charge is 0.162 e. The molecule has 0 spiro atoms. The summed E-state index contributed by atoms with van der Waals surface area (Å²) < 4.78 is 1.83. The van der Waals surface area contributed by atoms with Crippen molar-refractivity contribution in [3.8, 4) is 5.82 Å². The standard InChI is InChI=1S/C14H21N5/c1-5-7-12-16-13(15-6-2)11(4)14(17-12)19-9-8-10(3)18-19/h8-9H,5-7H2,1-4H3,(H,15,16,17). The van der Waals surface area contributed by atoms with Gasteiger partial charge < -0.3 is 5.32 Å². The summed E-state index contributed by atoms with van der Waals surface area (Å²) in [6, 6.07) is 1.98. The summed E-state index contributed by atoms with van der Waals surface area (Å²) in [6.07, 6.45) is 3.86. The van der Waals surface area contributed by atoms with E-state index < -0.39 is 0 Å². The molecule has 1 N–H and O–H groups in total. The monoisotopic (exact) mass is 259 g/mol. The van der Waals surface area contributed by atoms with Crippen LogP contribution >= 0.6 is 0 Å². The molecule has 2 rings (SSSR count). The maximum atomic E-state index is 4.64. The summed E-state index contributed by atoms with van der Waals surface area (Å²) in [6.45, 7) is 9.05. The highest BCUT2D eigenvalue weighted by Crippen LogP contribution is 2.19. The van der Waals surface area contributed by atoms with Crippen LogP contribution in [-0.2, 0) is 6.42 Å². The lowest BCUT2D eigenvalue weighted by Crippen LogP contribution is -2.11. The summed E-state index contributed by atoms with van der Waals surface area (Å²) in [5.74, 6) is 2.64. The third-order valence-electron chi connectivity index (χ3n) is 2.92. The zero-order valence-electron chi connectivity index (χ0n) is 12.1. The number of aromatic nitrogens is 4. The molecule has 102 valence electrons. The molecule has 0 radical (unpaired) electrons. The second kappa shape index (κ2) is 5.82. The van der Waals surface area contributed by atoms with Crippen LogP contribution in [0.4, 0.5) is 5.82 Å². The van der Waals surface area contributed by atoms with Gasteiger partial charge in [-0.2, -0.15) is 5.10 Å². The van der Waals surface area contributed by atoms with E-state index in [-0.39, 0.29) is 0 Å². The van der Waals surface area contributed by atoms with Gasteiger partial charge in [0.25, 0.3) is 0 Å². The molecule has 2 aromatic rings. The van der Waals surface area contributed by atoms with Crippen molar-refractivity contribution in [2.24, 2.45) is 0 Å². The Morgan fingerprint density at radius 1 is 1.21 bits per heavy atom. The number of hydrogen-bond acceptors (Lipinski definition) is 4. The van der Waals surface area contributed by atoms with Crippen molar-refractivity contribution in [2.75, 3.05) is 11.9 Å². The minimum Gasteiger partial charge on any atom is -0.370 e. The number of nitrogens with zero attached hydrogens (tertiary/aromatic N) is 4. The molecule has 0 aliphatic heterocycles. The van der Waals surface area contributed by atoms with Crippen molar-refractivity contribution < 1.29 is 0 Å². The maximum absolute atomic E-state index is 4.64. The lowest BCUT2D eigenvalue weighted by atomic mass is 10.2. The molecule has 0 amide bonds. The van der Waals surface area contributed by atoms with Crippen LogP contribution in [0.15, 0.2) is 12.3 Å². The summed E-state index contributed by atoms with van der Waals surface area (Å²) in [4.78, 5) is 9.22. The van der Waals surface area contributed by atoms with Crippen molar-refractivity contribution in [1.82, 2.24) is 19.7 Å². The van der Waals surface area contributed by atoms with Crippen LogP contribution in [0.25, 0.3) is 5.82 Å². The van der Waals surface area contributed by atoms with Gasteiger partial charge in [0.1, 0.15) is 11.6 Å². The zero-order valence-corrected chi connectivity index (χ0v) is 12.1. The molecule has 0 aliphatic rings. The fourth-order valence-electron chi connectivity index (χ4n) is 1.98. The Hall–Kier alpha value is -1.91. The van der Waals surface area contributed by atoms with Crippen molar-refractivity contribution >= 4 is 5.82 Å². The quantitative estimate of drug-likeness (QED) is 0.897. The van der Waals surface area contributed by atoms with E-state index in [0.717, 1.165) is 48.1 Å². The molecule has 5 nitrogen and oxygen atoms in total. The number of hydrogen-bond donors (Lipinski definition) is 1. The molecule has 0 saturated heterocycles. The summed E-state index contributed by atoms with van der Waals surface area (Å²) in [5.41, 5.74) is 2.02. The van der Waals surface area contributed by atoms with Gasteiger partial charge in [-0.3, -0.25) is 0 Å². The first-order valence-electron chi connectivity index (χ1n) is 6.79. The third-order valence-corrected chi connectivity index (χ3v) is 2.92. The van der Waals surface area contributed by atoms with Gasteiger partial charge >= 0.3 is 0 Å². The molecule has 0 saturated carbocycles. The molecule has 0 atom stereocenters. The Labute approximate surface area is 114 Å². The highest BCUT2D eigenvalue weighted by molar-refractivity contribution is 5.51. The average molecular weight is 259 g/mol. The first kappa shape index (κ1) is 13.5. The van der Waals surface area contributed by atoms with Gasteiger partial charge in [0.2, 0.25) is 0 Å². The van der Waals surface area contributed by atoms with Crippen LogP contribution in [0, 0.1) is 13.8 Å². The molecular weight excluding hydrogens is 238 g/mol. The average Bonchev–Trinajstić information content (AvgIpc) is 2.80. The van der Waals surface area contributed by atoms with Gasteiger partial charge in [-0.1, -0.05) is 6.92 Å². The van der Waals surface area contributed by atoms with E-state index in [1.54, 1.807) is 0 Å². The first-order chi connectivity index (χ1) is 9.15. The fourth-order valence-corrected chi connectivity index (χ4v) is 1.98. The van der Waals surface area contributed by atoms with Gasteiger partial charge in [0.15, 0.2) is 5.82 Å². The third kappa shape index (κ3) is 2.92. The van der Waals surface area contributed by atoms with Crippen LogP contribution in [0.3, 0.4) is 0 Å². The van der Waals surface area contributed by atoms with Gasteiger partial charge in [-0.05, 0) is 33.3 Å². The number of nitrogens with one attached hydrogen (secondary N) is 1. The van der Waals surface area contributed by atoms with E-state index in [0.29, 0.717) is 0 Å². The topological polar surface area (TPSA) is 55.6 Å². The Kier molecular flexibility index (Phi) is 4.14. The molecule has 0 fully saturated rings. The van der Waals surface area contributed by atoms with E-state index in [1.807, 2.05) is 30.8 Å². The Morgan fingerprint density at radius 2 is 2.00 bits per heavy atom. The van der Waals surface area contributed by atoms with Crippen molar-refractivity contribution in [3.05, 3.63) is 29.3 Å². The number of rotatable bonds is 5. The SMILES string of the molecule is CCCc1nc(NCC)c(C)c(-n2ccc(C)n2)n1. The van der Waals surface area contributed by atoms with Crippen LogP contribution in [0.1, 0.15) is 37.4 Å². The minimum atomic E-state index is 0.848. The largest absolute Gasteiger partial charge is 0.370 e. The van der Waals surface area contributed by atoms with Gasteiger partial charge in [-0.15, -0.1) is 0 Å². The molecule has 0 aliphatic carbocycles. The Bertz CT molecular complexity index is 559. The zero-order chi connectivity index (χ0) is 13.8. The Balaban J connectivity index is 2.51. The van der Waals surface area contributed by atoms with Crippen LogP contribution < -0.4 is 5.32 Å². The first-order valence-corrected chi connectivity index (χ1v) is 6.79. The summed E-state index contributed by atoms with van der Waals surface area (Å²) >= 11 is 0. The van der Waals surface area contributed by atoms with Crippen LogP contribution in [-0.4, -0.2) is 26.3 Å². The van der Waals surface area contributed by atoms with E-state index in [2.05, 4.69) is 34.2 Å². The van der Waals surface area contributed by atoms with Gasteiger partial charge in [0, 0.05) is 24.7 Å². The van der Waals surface area contributed by atoms with Gasteiger partial charge in [0.05, 0.1) is 5.69 Å². The fraction of sp³-hybridized carbons (Fsp3) is 0.500. The molecular formula is C14H21N5. The van der Waals surface area contributed by atoms with Crippen LogP contribution in [0.2, 0.25) is 0 Å². The summed E-state index contributed by atoms with van der Waals surface area (Å²) in [5, 5.41) is 7.74. The van der Waals surface area contributed by atoms with E-state index in [9.17, 15) is 0 Å². The lowest BCUT2D eigenvalue weighted by Gasteiger charge is -2.13. The van der Waals surface area contributed by atoms with E-state index in [1.165, 1.54) is 0 Å². The predicted octanol–water partition coefficient (Wildman–Crippen LogP) is 2.66. The van der Waals surface area contributed by atoms with E-state index in [4.69, 9.17) is 0 Å². The second-order valence-corrected chi connectivity index (χ2v) is 4.62. The molecule has 0 aromatic carbocycles. The van der Waals surface area contributed by atoms with Crippen molar-refractivity contribution in [2.45, 2.75) is 40.5 Å².